The second-order valence-corrected chi connectivity index (χ2v) is 6.24. The van der Waals surface area contributed by atoms with E-state index in [1.54, 1.807) is 18.5 Å². The Kier molecular flexibility index (Phi) is 3.90. The van der Waals surface area contributed by atoms with E-state index in [1.165, 1.54) is 6.42 Å². The molecule has 0 radical (unpaired) electrons. The lowest BCUT2D eigenvalue weighted by Gasteiger charge is -2.27. The van der Waals surface area contributed by atoms with Crippen LogP contribution in [0.3, 0.4) is 0 Å². The zero-order chi connectivity index (χ0) is 13.2. The van der Waals surface area contributed by atoms with Crippen LogP contribution in [0.2, 0.25) is 0 Å². The van der Waals surface area contributed by atoms with Gasteiger partial charge in [0.2, 0.25) is 0 Å². The lowest BCUT2D eigenvalue weighted by Crippen LogP contribution is -2.43. The van der Waals surface area contributed by atoms with E-state index in [1.807, 2.05) is 0 Å². The summed E-state index contributed by atoms with van der Waals surface area (Å²) in [6.07, 6.45) is 6.71. The van der Waals surface area contributed by atoms with Crippen molar-refractivity contribution in [3.05, 3.63) is 22.9 Å². The molecule has 0 saturated heterocycles. The molecule has 1 aromatic rings. The van der Waals surface area contributed by atoms with Gasteiger partial charge in [0.15, 0.2) is 0 Å². The fourth-order valence-corrected chi connectivity index (χ4v) is 2.74. The zero-order valence-corrected chi connectivity index (χ0v) is 12.3. The Morgan fingerprint density at radius 1 is 1.56 bits per heavy atom. The van der Waals surface area contributed by atoms with Crippen LogP contribution >= 0.6 is 15.9 Å². The number of halogens is 1. The van der Waals surface area contributed by atoms with Crippen molar-refractivity contribution in [1.29, 1.82) is 0 Å². The summed E-state index contributed by atoms with van der Waals surface area (Å²) >= 11 is 3.35. The summed E-state index contributed by atoms with van der Waals surface area (Å²) < 4.78 is 0.783. The first-order valence-electron chi connectivity index (χ1n) is 6.16. The predicted octanol–water partition coefficient (Wildman–Crippen LogP) is 3.54. The largest absolute Gasteiger partial charge is 0.335 e. The van der Waals surface area contributed by atoms with Gasteiger partial charge in [0.05, 0.1) is 10.2 Å². The van der Waals surface area contributed by atoms with E-state index in [0.29, 0.717) is 0 Å². The third-order valence-electron chi connectivity index (χ3n) is 3.58. The Morgan fingerprint density at radius 3 is 2.94 bits per heavy atom. The highest BCUT2D eigenvalue weighted by atomic mass is 79.9. The average Bonchev–Trinajstić information content (AvgIpc) is 2.62. The smallest absolute Gasteiger partial charge is 0.319 e. The molecule has 18 heavy (non-hydrogen) atoms. The number of hydrogen-bond acceptors (Lipinski definition) is 2. The maximum absolute atomic E-state index is 11.9. The van der Waals surface area contributed by atoms with E-state index in [2.05, 4.69) is 45.4 Å². The van der Waals surface area contributed by atoms with Gasteiger partial charge in [0.25, 0.3) is 0 Å². The van der Waals surface area contributed by atoms with E-state index in [0.717, 1.165) is 23.0 Å². The minimum atomic E-state index is -0.151. The van der Waals surface area contributed by atoms with Crippen LogP contribution in [0.5, 0.6) is 0 Å². The highest BCUT2D eigenvalue weighted by Crippen LogP contribution is 2.37. The number of rotatable bonds is 2. The Labute approximate surface area is 116 Å². The Hall–Kier alpha value is -1.10. The van der Waals surface area contributed by atoms with Gasteiger partial charge >= 0.3 is 6.03 Å². The van der Waals surface area contributed by atoms with Gasteiger partial charge in [-0.2, -0.15) is 0 Å². The molecule has 2 amide bonds. The van der Waals surface area contributed by atoms with Gasteiger partial charge in [-0.25, -0.2) is 4.79 Å². The van der Waals surface area contributed by atoms with Crippen molar-refractivity contribution in [2.45, 2.75) is 39.2 Å². The van der Waals surface area contributed by atoms with Gasteiger partial charge in [0, 0.05) is 18.4 Å². The van der Waals surface area contributed by atoms with Crippen LogP contribution in [-0.2, 0) is 0 Å². The van der Waals surface area contributed by atoms with Gasteiger partial charge in [-0.3, -0.25) is 4.98 Å². The van der Waals surface area contributed by atoms with Crippen molar-refractivity contribution >= 4 is 27.6 Å². The molecule has 2 N–H and O–H groups in total. The number of urea groups is 1. The number of nitrogens with zero attached hydrogens (tertiary/aromatic N) is 1. The van der Waals surface area contributed by atoms with Crippen molar-refractivity contribution in [2.24, 2.45) is 5.41 Å². The normalized spacial score (nSPS) is 21.6. The molecule has 0 aromatic carbocycles. The van der Waals surface area contributed by atoms with Crippen LogP contribution in [0.4, 0.5) is 10.5 Å². The first-order valence-corrected chi connectivity index (χ1v) is 6.95. The van der Waals surface area contributed by atoms with Gasteiger partial charge in [-0.05, 0) is 40.3 Å². The van der Waals surface area contributed by atoms with Crippen molar-refractivity contribution < 1.29 is 4.79 Å². The molecule has 1 atom stereocenters. The molecule has 1 fully saturated rings. The molecule has 98 valence electrons. The molecule has 5 heteroatoms. The molecule has 1 aromatic heterocycles. The van der Waals surface area contributed by atoms with Gasteiger partial charge in [0.1, 0.15) is 0 Å². The minimum Gasteiger partial charge on any atom is -0.335 e. The number of carbonyl (C=O) groups excluding carboxylic acids is 1. The van der Waals surface area contributed by atoms with Crippen LogP contribution in [0.15, 0.2) is 22.9 Å². The molecule has 1 heterocycles. The Morgan fingerprint density at radius 2 is 2.33 bits per heavy atom. The number of pyridine rings is 1. The summed E-state index contributed by atoms with van der Waals surface area (Å²) in [4.78, 5) is 15.9. The van der Waals surface area contributed by atoms with Crippen LogP contribution in [-0.4, -0.2) is 17.1 Å². The molecule has 0 spiro atoms. The summed E-state index contributed by atoms with van der Waals surface area (Å²) in [6.45, 7) is 4.40. The lowest BCUT2D eigenvalue weighted by atomic mass is 9.87. The van der Waals surface area contributed by atoms with E-state index in [9.17, 15) is 4.79 Å². The van der Waals surface area contributed by atoms with Crippen molar-refractivity contribution in [3.63, 3.8) is 0 Å². The highest BCUT2D eigenvalue weighted by Gasteiger charge is 2.35. The van der Waals surface area contributed by atoms with Crippen molar-refractivity contribution in [1.82, 2.24) is 10.3 Å². The van der Waals surface area contributed by atoms with Crippen LogP contribution in [0.25, 0.3) is 0 Å². The van der Waals surface area contributed by atoms with E-state index in [-0.39, 0.29) is 17.5 Å². The van der Waals surface area contributed by atoms with Gasteiger partial charge in [-0.15, -0.1) is 0 Å². The van der Waals surface area contributed by atoms with E-state index < -0.39 is 0 Å². The minimum absolute atomic E-state index is 0.151. The molecule has 0 bridgehead atoms. The SMILES string of the molecule is CC1(C)CCCC1NC(=O)Nc1ccncc1Br. The molecule has 4 nitrogen and oxygen atoms in total. The third-order valence-corrected chi connectivity index (χ3v) is 4.22. The second-order valence-electron chi connectivity index (χ2n) is 5.39. The number of carbonyl (C=O) groups is 1. The molecular formula is C13H18BrN3O. The molecule has 1 aliphatic carbocycles. The summed E-state index contributed by atoms with van der Waals surface area (Å²) in [7, 11) is 0. The lowest BCUT2D eigenvalue weighted by molar-refractivity contribution is 0.233. The molecule has 1 saturated carbocycles. The number of aromatic nitrogens is 1. The zero-order valence-electron chi connectivity index (χ0n) is 10.7. The summed E-state index contributed by atoms with van der Waals surface area (Å²) in [5.74, 6) is 0. The van der Waals surface area contributed by atoms with Crippen molar-refractivity contribution in [3.8, 4) is 0 Å². The number of hydrogen-bond donors (Lipinski definition) is 2. The van der Waals surface area contributed by atoms with Gasteiger partial charge < -0.3 is 10.6 Å². The number of nitrogens with one attached hydrogen (secondary N) is 2. The maximum atomic E-state index is 11.9. The van der Waals surface area contributed by atoms with Crippen molar-refractivity contribution in [2.75, 3.05) is 5.32 Å². The Balaban J connectivity index is 1.95. The first-order chi connectivity index (χ1) is 8.49. The number of anilines is 1. The fourth-order valence-electron chi connectivity index (χ4n) is 2.39. The topological polar surface area (TPSA) is 54.0 Å². The van der Waals surface area contributed by atoms with Crippen LogP contribution < -0.4 is 10.6 Å². The molecule has 1 unspecified atom stereocenters. The molecule has 2 rings (SSSR count). The molecule has 1 aliphatic rings. The third kappa shape index (κ3) is 3.02. The standard InChI is InChI=1S/C13H18BrN3O/c1-13(2)6-3-4-11(13)17-12(18)16-10-5-7-15-8-9(10)14/h5,7-8,11H,3-4,6H2,1-2H3,(H2,15,16,17,18). The average molecular weight is 312 g/mol. The maximum Gasteiger partial charge on any atom is 0.319 e. The fraction of sp³-hybridized carbons (Fsp3) is 0.538. The highest BCUT2D eigenvalue weighted by molar-refractivity contribution is 9.10. The monoisotopic (exact) mass is 311 g/mol. The molecule has 0 aliphatic heterocycles. The molecular weight excluding hydrogens is 294 g/mol. The van der Waals surface area contributed by atoms with E-state index in [4.69, 9.17) is 0 Å². The summed E-state index contributed by atoms with van der Waals surface area (Å²) in [5.41, 5.74) is 0.922. The van der Waals surface area contributed by atoms with Gasteiger partial charge in [-0.1, -0.05) is 20.3 Å². The first kappa shape index (κ1) is 13.3. The summed E-state index contributed by atoms with van der Waals surface area (Å²) in [6, 6.07) is 1.86. The summed E-state index contributed by atoms with van der Waals surface area (Å²) in [5, 5.41) is 5.89. The van der Waals surface area contributed by atoms with E-state index >= 15 is 0 Å². The quantitative estimate of drug-likeness (QED) is 0.877. The predicted molar refractivity (Wildman–Crippen MR) is 75.5 cm³/mol. The van der Waals surface area contributed by atoms with Crippen LogP contribution in [0.1, 0.15) is 33.1 Å². The Bertz CT molecular complexity index is 448. The second kappa shape index (κ2) is 5.26. The number of amides is 2. The van der Waals surface area contributed by atoms with Crippen LogP contribution in [0, 0.1) is 5.41 Å².